The van der Waals surface area contributed by atoms with Crippen LogP contribution in [0.1, 0.15) is 10.4 Å². The highest BCUT2D eigenvalue weighted by molar-refractivity contribution is 6.58. The van der Waals surface area contributed by atoms with Crippen LogP contribution in [0.5, 0.6) is 0 Å². The number of carbonyl (C=O) groups is 1. The quantitative estimate of drug-likeness (QED) is 0.743. The summed E-state index contributed by atoms with van der Waals surface area (Å²) in [5, 5.41) is 1.80. The number of carbonyl (C=O) groups excluding carboxylic acids is 1. The molecular weight excluding hydrogens is 194 g/mol. The molecule has 0 spiro atoms. The maximum atomic E-state index is 11.8. The Morgan fingerprint density at radius 3 is 2.29 bits per heavy atom. The molecule has 2 nitrogen and oxygen atoms in total. The lowest BCUT2D eigenvalue weighted by Gasteiger charge is -2.14. The molecule has 0 aliphatic rings. The Balaban J connectivity index is 2.52. The van der Waals surface area contributed by atoms with E-state index >= 15 is 0 Å². The number of hydrogen-bond acceptors (Lipinski definition) is 1. The standard InChI is InChI=1S/C8H8BF3NO/c10-9(11,12)6-13-8(14)7-4-2-1-3-5-7/h1-5H,6H2,(H,13,14)/q-1. The molecule has 0 unspecified atom stereocenters. The summed E-state index contributed by atoms with van der Waals surface area (Å²) in [6.07, 6.45) is -1.24. The van der Waals surface area contributed by atoms with Gasteiger partial charge in [0, 0.05) is 5.56 Å². The maximum Gasteiger partial charge on any atom is 0.497 e. The molecule has 6 heteroatoms. The molecule has 1 rings (SSSR count). The molecule has 0 bridgehead atoms. The number of rotatable bonds is 3. The number of amides is 1. The minimum atomic E-state index is -4.96. The average molecular weight is 202 g/mol. The molecule has 1 N–H and O–H groups in total. The Hall–Kier alpha value is -1.46. The minimum absolute atomic E-state index is 0.229. The van der Waals surface area contributed by atoms with E-state index in [4.69, 9.17) is 0 Å². The van der Waals surface area contributed by atoms with E-state index in [1.54, 1.807) is 23.5 Å². The molecule has 76 valence electrons. The van der Waals surface area contributed by atoms with E-state index in [2.05, 4.69) is 0 Å². The summed E-state index contributed by atoms with van der Waals surface area (Å²) in [5.74, 6) is -0.704. The molecule has 0 atom stereocenters. The van der Waals surface area contributed by atoms with Gasteiger partial charge < -0.3 is 18.3 Å². The third kappa shape index (κ3) is 3.51. The summed E-state index contributed by atoms with van der Waals surface area (Å²) in [5.41, 5.74) is 0.229. The summed E-state index contributed by atoms with van der Waals surface area (Å²) < 4.78 is 35.3. The van der Waals surface area contributed by atoms with Gasteiger partial charge in [-0.15, -0.1) is 0 Å². The van der Waals surface area contributed by atoms with E-state index in [1.165, 1.54) is 12.1 Å². The summed E-state index contributed by atoms with van der Waals surface area (Å²) >= 11 is 0. The van der Waals surface area contributed by atoms with Gasteiger partial charge in [-0.3, -0.25) is 4.79 Å². The van der Waals surface area contributed by atoms with Crippen molar-refractivity contribution < 1.29 is 17.7 Å². The zero-order valence-corrected chi connectivity index (χ0v) is 7.21. The second kappa shape index (κ2) is 4.17. The molecule has 1 aromatic carbocycles. The highest BCUT2D eigenvalue weighted by Gasteiger charge is 2.23. The molecule has 1 aromatic rings. The first-order chi connectivity index (χ1) is 6.49. The molecule has 0 saturated carbocycles. The summed E-state index contributed by atoms with van der Waals surface area (Å²) in [7, 11) is 0. The molecule has 0 aliphatic heterocycles. The van der Waals surface area contributed by atoms with Crippen molar-refractivity contribution in [3.63, 3.8) is 0 Å². The topological polar surface area (TPSA) is 29.1 Å². The number of halogens is 3. The Kier molecular flexibility index (Phi) is 3.16. The lowest BCUT2D eigenvalue weighted by molar-refractivity contribution is 0.0956. The third-order valence-corrected chi connectivity index (χ3v) is 1.53. The molecule has 0 saturated heterocycles. The zero-order chi connectivity index (χ0) is 10.6. The molecule has 0 aromatic heterocycles. The molecule has 0 fully saturated rings. The van der Waals surface area contributed by atoms with Crippen molar-refractivity contribution in [2.24, 2.45) is 0 Å². The molecule has 14 heavy (non-hydrogen) atoms. The van der Waals surface area contributed by atoms with Gasteiger partial charge in [0.25, 0.3) is 0 Å². The maximum absolute atomic E-state index is 11.8. The molecule has 0 heterocycles. The van der Waals surface area contributed by atoms with Gasteiger partial charge >= 0.3 is 6.98 Å². The van der Waals surface area contributed by atoms with Crippen molar-refractivity contribution in [3.8, 4) is 0 Å². The third-order valence-electron chi connectivity index (χ3n) is 1.53. The van der Waals surface area contributed by atoms with E-state index in [9.17, 15) is 17.7 Å². The first kappa shape index (κ1) is 10.6. The number of hydrogen-bond donors (Lipinski definition) is 1. The highest BCUT2D eigenvalue weighted by Crippen LogP contribution is 2.06. The monoisotopic (exact) mass is 202 g/mol. The predicted octanol–water partition coefficient (Wildman–Crippen LogP) is 1.80. The lowest BCUT2D eigenvalue weighted by atomic mass is 9.92. The fourth-order valence-corrected chi connectivity index (χ4v) is 0.900. The van der Waals surface area contributed by atoms with E-state index in [0.717, 1.165) is 0 Å². The SMILES string of the molecule is O=C(NC[B-](F)(F)F)c1ccccc1. The van der Waals surface area contributed by atoms with Gasteiger partial charge in [0.15, 0.2) is 0 Å². The van der Waals surface area contributed by atoms with Gasteiger partial charge in [0.05, 0.1) is 0 Å². The van der Waals surface area contributed by atoms with E-state index in [-0.39, 0.29) is 5.56 Å². The van der Waals surface area contributed by atoms with Crippen LogP contribution in [0.3, 0.4) is 0 Å². The van der Waals surface area contributed by atoms with Crippen molar-refractivity contribution in [3.05, 3.63) is 35.9 Å². The van der Waals surface area contributed by atoms with Crippen LogP contribution < -0.4 is 5.32 Å². The lowest BCUT2D eigenvalue weighted by Crippen LogP contribution is -2.37. The number of nitrogens with one attached hydrogen (secondary N) is 1. The van der Waals surface area contributed by atoms with Crippen LogP contribution in [0.15, 0.2) is 30.3 Å². The van der Waals surface area contributed by atoms with Crippen molar-refractivity contribution in [1.82, 2.24) is 5.32 Å². The molecule has 1 amide bonds. The van der Waals surface area contributed by atoms with Gasteiger partial charge in [-0.25, -0.2) is 0 Å². The Labute approximate surface area is 79.2 Å². The average Bonchev–Trinajstić information content (AvgIpc) is 2.14. The van der Waals surface area contributed by atoms with Crippen LogP contribution in [0.2, 0.25) is 0 Å². The van der Waals surface area contributed by atoms with E-state index < -0.39 is 19.3 Å². The van der Waals surface area contributed by atoms with Gasteiger partial charge in [-0.1, -0.05) is 18.2 Å². The van der Waals surface area contributed by atoms with E-state index in [1.807, 2.05) is 0 Å². The zero-order valence-electron chi connectivity index (χ0n) is 7.21. The summed E-state index contributed by atoms with van der Waals surface area (Å²) in [6.45, 7) is -4.96. The van der Waals surface area contributed by atoms with Gasteiger partial charge in [-0.2, -0.15) is 0 Å². The Morgan fingerprint density at radius 1 is 1.21 bits per heavy atom. The first-order valence-electron chi connectivity index (χ1n) is 4.03. The molecule has 0 aliphatic carbocycles. The van der Waals surface area contributed by atoms with Crippen LogP contribution in [-0.4, -0.2) is 19.3 Å². The summed E-state index contributed by atoms with van der Waals surface area (Å²) in [6, 6.07) is 7.78. The Bertz CT molecular complexity index is 312. The van der Waals surface area contributed by atoms with Crippen LogP contribution in [-0.2, 0) is 0 Å². The Morgan fingerprint density at radius 2 is 1.79 bits per heavy atom. The normalized spacial score (nSPS) is 11.1. The van der Waals surface area contributed by atoms with Crippen LogP contribution >= 0.6 is 0 Å². The van der Waals surface area contributed by atoms with Gasteiger partial charge in [-0.05, 0) is 18.6 Å². The highest BCUT2D eigenvalue weighted by atomic mass is 19.4. The molecule has 0 radical (unpaired) electrons. The van der Waals surface area contributed by atoms with Crippen molar-refractivity contribution in [1.29, 1.82) is 0 Å². The summed E-state index contributed by atoms with van der Waals surface area (Å²) in [4.78, 5) is 11.1. The second-order valence-corrected chi connectivity index (χ2v) is 2.79. The van der Waals surface area contributed by atoms with E-state index in [0.29, 0.717) is 0 Å². The first-order valence-corrected chi connectivity index (χ1v) is 4.03. The van der Waals surface area contributed by atoms with Crippen molar-refractivity contribution in [2.45, 2.75) is 0 Å². The second-order valence-electron chi connectivity index (χ2n) is 2.79. The molecular formula is C8H8BF3NO-. The van der Waals surface area contributed by atoms with Gasteiger partial charge in [0.1, 0.15) is 0 Å². The minimum Gasteiger partial charge on any atom is -0.448 e. The van der Waals surface area contributed by atoms with Gasteiger partial charge in [0.2, 0.25) is 5.91 Å². The van der Waals surface area contributed by atoms with Crippen LogP contribution in [0.25, 0.3) is 0 Å². The number of benzene rings is 1. The fourth-order valence-electron chi connectivity index (χ4n) is 0.900. The smallest absolute Gasteiger partial charge is 0.448 e. The van der Waals surface area contributed by atoms with Crippen LogP contribution in [0.4, 0.5) is 12.9 Å². The van der Waals surface area contributed by atoms with Crippen molar-refractivity contribution >= 4 is 12.9 Å². The fraction of sp³-hybridized carbons (Fsp3) is 0.125. The predicted molar refractivity (Wildman–Crippen MR) is 47.9 cm³/mol. The van der Waals surface area contributed by atoms with Crippen LogP contribution in [0, 0.1) is 0 Å². The largest absolute Gasteiger partial charge is 0.497 e. The van der Waals surface area contributed by atoms with Crippen molar-refractivity contribution in [2.75, 3.05) is 6.44 Å².